The molecule has 0 spiro atoms. The Kier molecular flexibility index (Phi) is 4.29. The van der Waals surface area contributed by atoms with Gasteiger partial charge in [0.2, 0.25) is 0 Å². The lowest BCUT2D eigenvalue weighted by Crippen LogP contribution is -2.21. The molecule has 0 amide bonds. The van der Waals surface area contributed by atoms with Gasteiger partial charge in [-0.25, -0.2) is 0 Å². The van der Waals surface area contributed by atoms with E-state index in [1.54, 1.807) is 18.5 Å². The Hall–Kier alpha value is -1.60. The molecule has 0 fully saturated rings. The van der Waals surface area contributed by atoms with Crippen molar-refractivity contribution in [1.82, 2.24) is 10.3 Å². The summed E-state index contributed by atoms with van der Waals surface area (Å²) in [6, 6.07) is 2.10. The van der Waals surface area contributed by atoms with Gasteiger partial charge in [0, 0.05) is 18.0 Å². The summed E-state index contributed by atoms with van der Waals surface area (Å²) in [6.07, 6.45) is -2.04. The maximum Gasteiger partial charge on any atom is 0.416 e. The van der Waals surface area contributed by atoms with E-state index in [1.165, 1.54) is 24.6 Å². The van der Waals surface area contributed by atoms with E-state index in [0.717, 1.165) is 12.3 Å². The first kappa shape index (κ1) is 14.8. The van der Waals surface area contributed by atoms with Crippen molar-refractivity contribution in [1.29, 1.82) is 0 Å². The molecule has 0 aliphatic rings. The molecule has 1 N–H and O–H groups in total. The largest absolute Gasteiger partial charge is 0.496 e. The van der Waals surface area contributed by atoms with Gasteiger partial charge < -0.3 is 10.1 Å². The maximum atomic E-state index is 13.1. The summed E-state index contributed by atoms with van der Waals surface area (Å²) in [7, 11) is 3.10. The van der Waals surface area contributed by atoms with Crippen molar-refractivity contribution >= 4 is 11.3 Å². The first-order valence-corrected chi connectivity index (χ1v) is 6.66. The molecule has 2 aromatic heterocycles. The van der Waals surface area contributed by atoms with Crippen LogP contribution in [0.25, 0.3) is 0 Å². The molecule has 108 valence electrons. The van der Waals surface area contributed by atoms with Crippen LogP contribution in [0.3, 0.4) is 0 Å². The van der Waals surface area contributed by atoms with Crippen molar-refractivity contribution in [2.45, 2.75) is 12.2 Å². The summed E-state index contributed by atoms with van der Waals surface area (Å²) in [6.45, 7) is 0. The molecule has 2 rings (SSSR count). The van der Waals surface area contributed by atoms with Gasteiger partial charge in [0.15, 0.2) is 0 Å². The van der Waals surface area contributed by atoms with Crippen LogP contribution in [0.2, 0.25) is 0 Å². The van der Waals surface area contributed by atoms with Crippen LogP contribution >= 0.6 is 11.3 Å². The highest BCUT2D eigenvalue weighted by atomic mass is 32.1. The Bertz CT molecular complexity index is 583. The predicted molar refractivity (Wildman–Crippen MR) is 71.0 cm³/mol. The lowest BCUT2D eigenvalue weighted by atomic mass is 10.0. The molecule has 0 saturated carbocycles. The van der Waals surface area contributed by atoms with Gasteiger partial charge in [-0.1, -0.05) is 0 Å². The summed E-state index contributed by atoms with van der Waals surface area (Å²) in [5.41, 5.74) is -0.606. The van der Waals surface area contributed by atoms with Crippen LogP contribution in [0, 0.1) is 0 Å². The monoisotopic (exact) mass is 302 g/mol. The topological polar surface area (TPSA) is 34.2 Å². The fraction of sp³-hybridized carbons (Fsp3) is 0.308. The van der Waals surface area contributed by atoms with Gasteiger partial charge in [0.25, 0.3) is 0 Å². The van der Waals surface area contributed by atoms with Crippen molar-refractivity contribution < 1.29 is 17.9 Å². The summed E-state index contributed by atoms with van der Waals surface area (Å²) < 4.78 is 44.4. The number of methoxy groups -OCH3 is 1. The second kappa shape index (κ2) is 5.80. The normalized spacial score (nSPS) is 13.2. The number of hydrogen-bond donors (Lipinski definition) is 1. The Morgan fingerprint density at radius 2 is 2.10 bits per heavy atom. The zero-order chi connectivity index (χ0) is 14.8. The second-order valence-electron chi connectivity index (χ2n) is 4.04. The van der Waals surface area contributed by atoms with E-state index >= 15 is 0 Å². The number of halogens is 3. The molecule has 2 aromatic rings. The molecule has 20 heavy (non-hydrogen) atoms. The molecule has 0 aliphatic carbocycles. The summed E-state index contributed by atoms with van der Waals surface area (Å²) in [5, 5.41) is 4.68. The van der Waals surface area contributed by atoms with E-state index in [1.807, 2.05) is 0 Å². The van der Waals surface area contributed by atoms with E-state index in [0.29, 0.717) is 10.6 Å². The Balaban J connectivity index is 2.53. The number of nitrogens with zero attached hydrogens (tertiary/aromatic N) is 1. The van der Waals surface area contributed by atoms with Crippen LogP contribution in [0.4, 0.5) is 13.2 Å². The van der Waals surface area contributed by atoms with Crippen LogP contribution in [0.5, 0.6) is 5.75 Å². The predicted octanol–water partition coefficient (Wildman–Crippen LogP) is 3.48. The first-order valence-electron chi connectivity index (χ1n) is 5.78. The van der Waals surface area contributed by atoms with Gasteiger partial charge in [0.1, 0.15) is 5.75 Å². The third-order valence-electron chi connectivity index (χ3n) is 2.90. The van der Waals surface area contributed by atoms with Crippen LogP contribution in [0.1, 0.15) is 22.0 Å². The molecule has 0 radical (unpaired) electrons. The minimum atomic E-state index is -4.42. The lowest BCUT2D eigenvalue weighted by Gasteiger charge is -2.20. The number of rotatable bonds is 4. The highest BCUT2D eigenvalue weighted by molar-refractivity contribution is 7.10. The molecule has 0 saturated heterocycles. The maximum absolute atomic E-state index is 13.1. The van der Waals surface area contributed by atoms with Crippen molar-refractivity contribution in [3.05, 3.63) is 45.9 Å². The minimum Gasteiger partial charge on any atom is -0.496 e. The molecule has 0 aromatic carbocycles. The van der Waals surface area contributed by atoms with E-state index < -0.39 is 17.8 Å². The summed E-state index contributed by atoms with van der Waals surface area (Å²) in [5.74, 6) is 0.561. The number of pyridine rings is 1. The van der Waals surface area contributed by atoms with E-state index in [2.05, 4.69) is 10.3 Å². The van der Waals surface area contributed by atoms with Gasteiger partial charge >= 0.3 is 6.18 Å². The standard InChI is InChI=1S/C13H13F3N2OS/c1-17-11(12-10(19-2)4-6-20-12)8-7-18-5-3-9(8)13(14,15)16/h3-7,11,17H,1-2H3. The Morgan fingerprint density at radius 3 is 2.70 bits per heavy atom. The number of aromatic nitrogens is 1. The van der Waals surface area contributed by atoms with E-state index in [4.69, 9.17) is 4.74 Å². The van der Waals surface area contributed by atoms with Gasteiger partial charge in [0.05, 0.1) is 23.6 Å². The summed E-state index contributed by atoms with van der Waals surface area (Å²) in [4.78, 5) is 4.51. The van der Waals surface area contributed by atoms with Crippen molar-refractivity contribution in [3.63, 3.8) is 0 Å². The molecule has 1 unspecified atom stereocenters. The summed E-state index contributed by atoms with van der Waals surface area (Å²) >= 11 is 1.34. The van der Waals surface area contributed by atoms with Gasteiger partial charge in [-0.05, 0) is 24.6 Å². The van der Waals surface area contributed by atoms with Crippen LogP contribution in [-0.4, -0.2) is 19.1 Å². The number of hydrogen-bond acceptors (Lipinski definition) is 4. The molecular formula is C13H13F3N2OS. The highest BCUT2D eigenvalue weighted by Crippen LogP contribution is 2.40. The third kappa shape index (κ3) is 2.78. The van der Waals surface area contributed by atoms with E-state index in [9.17, 15) is 13.2 Å². The fourth-order valence-electron chi connectivity index (χ4n) is 2.01. The van der Waals surface area contributed by atoms with Crippen LogP contribution < -0.4 is 10.1 Å². The zero-order valence-electron chi connectivity index (χ0n) is 10.9. The fourth-order valence-corrected chi connectivity index (χ4v) is 3.00. The molecule has 1 atom stereocenters. The molecule has 7 heteroatoms. The van der Waals surface area contributed by atoms with Crippen molar-refractivity contribution in [3.8, 4) is 5.75 Å². The quantitative estimate of drug-likeness (QED) is 0.939. The number of thiophene rings is 1. The average molecular weight is 302 g/mol. The van der Waals surface area contributed by atoms with Crippen LogP contribution in [0.15, 0.2) is 29.9 Å². The number of alkyl halides is 3. The van der Waals surface area contributed by atoms with Crippen molar-refractivity contribution in [2.24, 2.45) is 0 Å². The third-order valence-corrected chi connectivity index (χ3v) is 3.86. The molecule has 2 heterocycles. The number of nitrogens with one attached hydrogen (secondary N) is 1. The SMILES string of the molecule is CNC(c1cnccc1C(F)(F)F)c1sccc1OC. The van der Waals surface area contributed by atoms with Gasteiger partial charge in [-0.2, -0.15) is 13.2 Å². The van der Waals surface area contributed by atoms with Crippen LogP contribution in [-0.2, 0) is 6.18 Å². The molecule has 0 aliphatic heterocycles. The highest BCUT2D eigenvalue weighted by Gasteiger charge is 2.36. The molecule has 3 nitrogen and oxygen atoms in total. The average Bonchev–Trinajstić information content (AvgIpc) is 2.87. The van der Waals surface area contributed by atoms with Gasteiger partial charge in [-0.15, -0.1) is 11.3 Å². The minimum absolute atomic E-state index is 0.0863. The van der Waals surface area contributed by atoms with E-state index in [-0.39, 0.29) is 5.56 Å². The second-order valence-corrected chi connectivity index (χ2v) is 4.98. The Morgan fingerprint density at radius 1 is 1.35 bits per heavy atom. The van der Waals surface area contributed by atoms with Crippen molar-refractivity contribution in [2.75, 3.05) is 14.2 Å². The zero-order valence-corrected chi connectivity index (χ0v) is 11.7. The first-order chi connectivity index (χ1) is 9.49. The smallest absolute Gasteiger partial charge is 0.416 e. The Labute approximate surface area is 118 Å². The number of ether oxygens (including phenoxy) is 1. The molecule has 0 bridgehead atoms. The van der Waals surface area contributed by atoms with Gasteiger partial charge in [-0.3, -0.25) is 4.98 Å². The lowest BCUT2D eigenvalue weighted by molar-refractivity contribution is -0.138. The molecular weight excluding hydrogens is 289 g/mol.